The van der Waals surface area contributed by atoms with Gasteiger partial charge in [-0.2, -0.15) is 5.26 Å². The second-order valence-corrected chi connectivity index (χ2v) is 6.71. The lowest BCUT2D eigenvalue weighted by Crippen LogP contribution is -2.38. The fourth-order valence-corrected chi connectivity index (χ4v) is 3.78. The number of hydrogen-bond donors (Lipinski definition) is 0. The number of rotatable bonds is 2. The van der Waals surface area contributed by atoms with Crippen molar-refractivity contribution in [3.05, 3.63) is 95.6 Å². The number of halogens is 1. The van der Waals surface area contributed by atoms with E-state index >= 15 is 4.39 Å². The number of aromatic nitrogens is 2. The van der Waals surface area contributed by atoms with Gasteiger partial charge in [0.2, 0.25) is 0 Å². The molecule has 0 radical (unpaired) electrons. The topological polar surface area (TPSA) is 62.0 Å². The molecule has 0 spiro atoms. The third-order valence-electron chi connectivity index (χ3n) is 5.10. The molecule has 0 amide bonds. The molecule has 5 nitrogen and oxygen atoms in total. The van der Waals surface area contributed by atoms with Gasteiger partial charge in [-0.3, -0.25) is 4.98 Å². The van der Waals surface area contributed by atoms with Crippen LogP contribution in [0.4, 0.5) is 10.2 Å². The number of nitriles is 1. The summed E-state index contributed by atoms with van der Waals surface area (Å²) in [5, 5.41) is 10.3. The van der Waals surface area contributed by atoms with Crippen molar-refractivity contribution in [1.29, 1.82) is 5.26 Å². The number of nitrogens with zero attached hydrogens (tertiary/aromatic N) is 4. The predicted molar refractivity (Wildman–Crippen MR) is 118 cm³/mol. The van der Waals surface area contributed by atoms with Crippen LogP contribution in [0.1, 0.15) is 36.6 Å². The van der Waals surface area contributed by atoms with E-state index in [0.29, 0.717) is 17.1 Å². The number of benzene rings is 2. The van der Waals surface area contributed by atoms with Crippen molar-refractivity contribution in [3.8, 4) is 11.8 Å². The highest BCUT2D eigenvalue weighted by Gasteiger charge is 2.34. The number of fused-ring (bicyclic) bond motifs is 3. The lowest BCUT2D eigenvalue weighted by atomic mass is 9.92. The van der Waals surface area contributed by atoms with Gasteiger partial charge < -0.3 is 9.64 Å². The minimum atomic E-state index is -0.533. The van der Waals surface area contributed by atoms with Gasteiger partial charge in [0.25, 0.3) is 0 Å². The third-order valence-corrected chi connectivity index (χ3v) is 5.10. The first kappa shape index (κ1) is 20.3. The number of ether oxygens (including phenoxy) is 1. The molecule has 0 saturated carbocycles. The van der Waals surface area contributed by atoms with Gasteiger partial charge in [-0.25, -0.2) is 9.37 Å². The Morgan fingerprint density at radius 2 is 1.81 bits per heavy atom. The van der Waals surface area contributed by atoms with Crippen molar-refractivity contribution in [3.63, 3.8) is 0 Å². The largest absolute Gasteiger partial charge is 0.470 e. The van der Waals surface area contributed by atoms with Crippen molar-refractivity contribution >= 4 is 16.7 Å². The summed E-state index contributed by atoms with van der Waals surface area (Å²) >= 11 is 0. The maximum atomic E-state index is 15.2. The third kappa shape index (κ3) is 3.55. The first-order valence-electron chi connectivity index (χ1n) is 10.1. The highest BCUT2D eigenvalue weighted by atomic mass is 19.1. The summed E-state index contributed by atoms with van der Waals surface area (Å²) in [6, 6.07) is 19.6. The van der Waals surface area contributed by atoms with Crippen molar-refractivity contribution in [2.45, 2.75) is 19.9 Å². The molecule has 1 aliphatic heterocycles. The average molecular weight is 412 g/mol. The molecule has 0 fully saturated rings. The van der Waals surface area contributed by atoms with Crippen molar-refractivity contribution in [2.24, 2.45) is 0 Å². The second-order valence-electron chi connectivity index (χ2n) is 6.71. The van der Waals surface area contributed by atoms with E-state index in [4.69, 9.17) is 4.74 Å². The van der Waals surface area contributed by atoms with Gasteiger partial charge in [-0.15, -0.1) is 0 Å². The molecule has 0 bridgehead atoms. The minimum absolute atomic E-state index is 0.00965. The van der Waals surface area contributed by atoms with Gasteiger partial charge in [-0.1, -0.05) is 50.2 Å². The summed E-state index contributed by atoms with van der Waals surface area (Å²) in [7, 11) is 0. The highest BCUT2D eigenvalue weighted by molar-refractivity contribution is 5.86. The van der Waals surface area contributed by atoms with E-state index < -0.39 is 11.9 Å². The van der Waals surface area contributed by atoms with Crippen LogP contribution in [0.15, 0.2) is 73.1 Å². The van der Waals surface area contributed by atoms with Crippen LogP contribution in [-0.2, 0) is 0 Å². The van der Waals surface area contributed by atoms with Crippen molar-refractivity contribution in [1.82, 2.24) is 9.97 Å². The van der Waals surface area contributed by atoms with E-state index in [0.717, 1.165) is 16.5 Å². The van der Waals surface area contributed by atoms with Crippen molar-refractivity contribution in [2.75, 3.05) is 11.6 Å². The summed E-state index contributed by atoms with van der Waals surface area (Å²) < 4.78 is 21.3. The maximum Gasteiger partial charge on any atom is 0.163 e. The lowest BCUT2D eigenvalue weighted by molar-refractivity contribution is 0.278. The summed E-state index contributed by atoms with van der Waals surface area (Å²) in [6.45, 7) is 4.18. The molecule has 31 heavy (non-hydrogen) atoms. The zero-order valence-electron chi connectivity index (χ0n) is 17.3. The van der Waals surface area contributed by atoms with Crippen molar-refractivity contribution < 1.29 is 9.13 Å². The fourth-order valence-electron chi connectivity index (χ4n) is 3.78. The normalized spacial score (nSPS) is 14.6. The Balaban J connectivity index is 0.00000112. The van der Waals surface area contributed by atoms with Gasteiger partial charge in [0.1, 0.15) is 23.2 Å². The Morgan fingerprint density at radius 3 is 2.58 bits per heavy atom. The summed E-state index contributed by atoms with van der Waals surface area (Å²) in [5.74, 6) is 0.753. The number of anilines is 1. The van der Waals surface area contributed by atoms with Gasteiger partial charge in [0, 0.05) is 28.9 Å². The Morgan fingerprint density at radius 1 is 0.968 bits per heavy atom. The summed E-state index contributed by atoms with van der Waals surface area (Å²) in [6.07, 6.45) is 3.40. The SMILES string of the molecule is CC.N#Cc1cccc(C2c3ccc4cccnc4c3OCN2c2ccccn2)c1F. The van der Waals surface area contributed by atoms with E-state index in [2.05, 4.69) is 9.97 Å². The van der Waals surface area contributed by atoms with E-state index in [1.807, 2.05) is 67.3 Å². The zero-order chi connectivity index (χ0) is 21.8. The average Bonchev–Trinajstić information content (AvgIpc) is 2.85. The molecule has 0 aliphatic carbocycles. The molecular formula is C25H21FN4O. The molecule has 1 aliphatic rings. The minimum Gasteiger partial charge on any atom is -0.470 e. The Kier molecular flexibility index (Phi) is 5.76. The standard InChI is InChI=1S/C23H15FN4O.C2H6/c24-20-16(13-25)5-3-7-17(20)22-18-10-9-15-6-4-12-27-21(15)23(18)29-14-28(22)19-8-1-2-11-26-19;1-2/h1-12,22H,14H2;1-2H3. The zero-order valence-corrected chi connectivity index (χ0v) is 17.3. The fraction of sp³-hybridized carbons (Fsp3) is 0.160. The Labute approximate surface area is 180 Å². The van der Waals surface area contributed by atoms with Crippen LogP contribution in [-0.4, -0.2) is 16.7 Å². The first-order valence-corrected chi connectivity index (χ1v) is 10.1. The molecule has 2 aromatic carbocycles. The second kappa shape index (κ2) is 8.80. The van der Waals surface area contributed by atoms with Crippen LogP contribution in [0.3, 0.4) is 0 Å². The van der Waals surface area contributed by atoms with Gasteiger partial charge in [0.15, 0.2) is 12.5 Å². The van der Waals surface area contributed by atoms with Crippen LogP contribution < -0.4 is 9.64 Å². The molecule has 0 N–H and O–H groups in total. The van der Waals surface area contributed by atoms with Gasteiger partial charge in [0.05, 0.1) is 11.6 Å². The maximum absolute atomic E-state index is 15.2. The van der Waals surface area contributed by atoms with E-state index in [9.17, 15) is 5.26 Å². The molecule has 5 rings (SSSR count). The van der Waals surface area contributed by atoms with E-state index in [1.165, 1.54) is 6.07 Å². The van der Waals surface area contributed by atoms with Crippen LogP contribution >= 0.6 is 0 Å². The molecule has 4 aromatic rings. The smallest absolute Gasteiger partial charge is 0.163 e. The Bertz CT molecular complexity index is 1250. The molecular weight excluding hydrogens is 391 g/mol. The molecule has 3 heterocycles. The first-order chi connectivity index (χ1) is 15.3. The molecule has 1 atom stereocenters. The van der Waals surface area contributed by atoms with Crippen LogP contribution in [0.2, 0.25) is 0 Å². The van der Waals surface area contributed by atoms with E-state index in [-0.39, 0.29) is 12.3 Å². The molecule has 154 valence electrons. The molecule has 0 saturated heterocycles. The van der Waals surface area contributed by atoms with Gasteiger partial charge in [-0.05, 0) is 24.3 Å². The summed E-state index contributed by atoms with van der Waals surface area (Å²) in [5.41, 5.74) is 1.92. The number of pyridine rings is 2. The lowest BCUT2D eigenvalue weighted by Gasteiger charge is -2.38. The summed E-state index contributed by atoms with van der Waals surface area (Å²) in [4.78, 5) is 10.8. The van der Waals surface area contributed by atoms with Crippen LogP contribution in [0.5, 0.6) is 5.75 Å². The van der Waals surface area contributed by atoms with Gasteiger partial charge >= 0.3 is 0 Å². The highest BCUT2D eigenvalue weighted by Crippen LogP contribution is 2.44. The molecule has 6 heteroatoms. The van der Waals surface area contributed by atoms with E-state index in [1.54, 1.807) is 24.5 Å². The van der Waals surface area contributed by atoms with Crippen LogP contribution in [0, 0.1) is 17.1 Å². The number of hydrogen-bond acceptors (Lipinski definition) is 5. The quantitative estimate of drug-likeness (QED) is 0.428. The molecule has 2 aromatic heterocycles. The molecule has 1 unspecified atom stereocenters. The van der Waals surface area contributed by atoms with Crippen LogP contribution in [0.25, 0.3) is 10.9 Å². The predicted octanol–water partition coefficient (Wildman–Crippen LogP) is 5.61. The monoisotopic (exact) mass is 412 g/mol. The Hall–Kier alpha value is -3.98.